The third kappa shape index (κ3) is 4.41. The zero-order valence-electron chi connectivity index (χ0n) is 10.6. The molecule has 106 valence electrons. The maximum atomic E-state index is 13.3. The molecule has 0 aliphatic carbocycles. The second kappa shape index (κ2) is 6.79. The molecule has 0 amide bonds. The van der Waals surface area contributed by atoms with Crippen molar-refractivity contribution in [2.24, 2.45) is 0 Å². The van der Waals surface area contributed by atoms with E-state index in [0.29, 0.717) is 6.54 Å². The molecule has 1 aliphatic rings. The lowest BCUT2D eigenvalue weighted by molar-refractivity contribution is 0.0627. The van der Waals surface area contributed by atoms with E-state index in [4.69, 9.17) is 4.74 Å². The number of nitrogens with one attached hydrogen (secondary N) is 1. The van der Waals surface area contributed by atoms with Crippen molar-refractivity contribution in [1.29, 1.82) is 0 Å². The Balaban J connectivity index is 1.79. The molecule has 1 aromatic carbocycles. The number of benzene rings is 1. The normalized spacial score (nSPS) is 18.3. The van der Waals surface area contributed by atoms with Gasteiger partial charge in [0.2, 0.25) is 0 Å². The van der Waals surface area contributed by atoms with Crippen LogP contribution in [-0.4, -0.2) is 55.4 Å². The van der Waals surface area contributed by atoms with Gasteiger partial charge >= 0.3 is 0 Å². The summed E-state index contributed by atoms with van der Waals surface area (Å²) in [6.07, 6.45) is -0.722. The van der Waals surface area contributed by atoms with Gasteiger partial charge in [-0.05, 0) is 12.1 Å². The van der Waals surface area contributed by atoms with Gasteiger partial charge in [0, 0.05) is 38.8 Å². The number of aliphatic hydroxyl groups is 1. The Bertz CT molecular complexity index is 412. The Kier molecular flexibility index (Phi) is 5.07. The van der Waals surface area contributed by atoms with Crippen molar-refractivity contribution in [3.63, 3.8) is 0 Å². The summed E-state index contributed by atoms with van der Waals surface area (Å²) in [7, 11) is 0. The number of ether oxygens (including phenoxy) is 1. The minimum atomic E-state index is -0.722. The maximum absolute atomic E-state index is 13.3. The standard InChI is InChI=1S/C13H18F2N2O2/c14-10-1-2-12(15)13(7-10)19-9-11(18)8-17-5-3-16-4-6-17/h1-2,7,11,16,18H,3-6,8-9H2. The van der Waals surface area contributed by atoms with Gasteiger partial charge in [-0.25, -0.2) is 8.78 Å². The minimum Gasteiger partial charge on any atom is -0.488 e. The molecule has 0 bridgehead atoms. The molecule has 19 heavy (non-hydrogen) atoms. The molecule has 0 spiro atoms. The van der Waals surface area contributed by atoms with Crippen LogP contribution in [0.4, 0.5) is 8.78 Å². The molecule has 1 aromatic rings. The van der Waals surface area contributed by atoms with Crippen molar-refractivity contribution >= 4 is 0 Å². The van der Waals surface area contributed by atoms with Crippen LogP contribution in [0.25, 0.3) is 0 Å². The fourth-order valence-corrected chi connectivity index (χ4v) is 2.02. The van der Waals surface area contributed by atoms with Gasteiger partial charge in [0.05, 0.1) is 0 Å². The molecule has 1 saturated heterocycles. The Hall–Kier alpha value is -1.24. The van der Waals surface area contributed by atoms with E-state index in [1.54, 1.807) is 0 Å². The lowest BCUT2D eigenvalue weighted by Crippen LogP contribution is -2.47. The molecule has 0 radical (unpaired) electrons. The van der Waals surface area contributed by atoms with Crippen LogP contribution in [0.2, 0.25) is 0 Å². The maximum Gasteiger partial charge on any atom is 0.165 e. The minimum absolute atomic E-state index is 0.0513. The van der Waals surface area contributed by atoms with Gasteiger partial charge in [-0.1, -0.05) is 0 Å². The van der Waals surface area contributed by atoms with Crippen LogP contribution in [-0.2, 0) is 0 Å². The first-order valence-corrected chi connectivity index (χ1v) is 6.34. The van der Waals surface area contributed by atoms with Gasteiger partial charge in [0.1, 0.15) is 18.5 Å². The largest absolute Gasteiger partial charge is 0.488 e. The number of hydrogen-bond donors (Lipinski definition) is 2. The van der Waals surface area contributed by atoms with E-state index in [2.05, 4.69) is 10.2 Å². The molecule has 2 rings (SSSR count). The van der Waals surface area contributed by atoms with Crippen LogP contribution in [0.1, 0.15) is 0 Å². The molecule has 4 nitrogen and oxygen atoms in total. The third-order valence-corrected chi connectivity index (χ3v) is 3.00. The summed E-state index contributed by atoms with van der Waals surface area (Å²) in [5.41, 5.74) is 0. The monoisotopic (exact) mass is 272 g/mol. The van der Waals surface area contributed by atoms with Gasteiger partial charge in [0.15, 0.2) is 11.6 Å². The molecule has 2 N–H and O–H groups in total. The zero-order valence-corrected chi connectivity index (χ0v) is 10.6. The highest BCUT2D eigenvalue weighted by Gasteiger charge is 2.15. The van der Waals surface area contributed by atoms with Crippen molar-refractivity contribution < 1.29 is 18.6 Å². The van der Waals surface area contributed by atoms with E-state index < -0.39 is 17.7 Å². The van der Waals surface area contributed by atoms with Crippen molar-refractivity contribution in [3.8, 4) is 5.75 Å². The Morgan fingerprint density at radius 3 is 2.79 bits per heavy atom. The van der Waals surface area contributed by atoms with Crippen LogP contribution >= 0.6 is 0 Å². The number of halogens is 2. The van der Waals surface area contributed by atoms with Crippen molar-refractivity contribution in [1.82, 2.24) is 10.2 Å². The average molecular weight is 272 g/mol. The first-order valence-electron chi connectivity index (χ1n) is 6.34. The van der Waals surface area contributed by atoms with E-state index in [0.717, 1.165) is 44.4 Å². The molecule has 1 aliphatic heterocycles. The lowest BCUT2D eigenvalue weighted by Gasteiger charge is -2.29. The van der Waals surface area contributed by atoms with E-state index in [-0.39, 0.29) is 12.4 Å². The van der Waals surface area contributed by atoms with Crippen LogP contribution in [0, 0.1) is 11.6 Å². The molecule has 6 heteroatoms. The average Bonchev–Trinajstić information content (AvgIpc) is 2.41. The first kappa shape index (κ1) is 14.2. The summed E-state index contributed by atoms with van der Waals surface area (Å²) in [6, 6.07) is 3.01. The number of nitrogens with zero attached hydrogens (tertiary/aromatic N) is 1. The Morgan fingerprint density at radius 1 is 1.32 bits per heavy atom. The summed E-state index contributed by atoms with van der Waals surface area (Å²) in [5, 5.41) is 13.0. The second-order valence-electron chi connectivity index (χ2n) is 4.59. The van der Waals surface area contributed by atoms with Crippen LogP contribution < -0.4 is 10.1 Å². The Morgan fingerprint density at radius 2 is 2.05 bits per heavy atom. The molecule has 1 unspecified atom stereocenters. The SMILES string of the molecule is OC(COc1cc(F)ccc1F)CN1CCNCC1. The summed E-state index contributed by atoms with van der Waals surface area (Å²) < 4.78 is 31.3. The van der Waals surface area contributed by atoms with Gasteiger partial charge in [-0.15, -0.1) is 0 Å². The number of rotatable bonds is 5. The van der Waals surface area contributed by atoms with Gasteiger partial charge in [0.25, 0.3) is 0 Å². The molecule has 1 atom stereocenters. The first-order chi connectivity index (χ1) is 9.15. The number of hydrogen-bond acceptors (Lipinski definition) is 4. The lowest BCUT2D eigenvalue weighted by atomic mass is 10.3. The summed E-state index contributed by atoms with van der Waals surface area (Å²) >= 11 is 0. The quantitative estimate of drug-likeness (QED) is 0.824. The van der Waals surface area contributed by atoms with Crippen molar-refractivity contribution in [2.45, 2.75) is 6.10 Å². The highest BCUT2D eigenvalue weighted by molar-refractivity contribution is 5.24. The zero-order chi connectivity index (χ0) is 13.7. The number of aliphatic hydroxyl groups excluding tert-OH is 1. The van der Waals surface area contributed by atoms with Crippen LogP contribution in [0.15, 0.2) is 18.2 Å². The number of β-amino-alcohol motifs (C(OH)–C–C–N with tert-alkyl or cyclic N) is 1. The van der Waals surface area contributed by atoms with Crippen LogP contribution in [0.3, 0.4) is 0 Å². The van der Waals surface area contributed by atoms with Gasteiger partial charge < -0.3 is 15.2 Å². The number of piperazine rings is 1. The topological polar surface area (TPSA) is 44.7 Å². The molecular formula is C13H18F2N2O2. The predicted molar refractivity (Wildman–Crippen MR) is 67.2 cm³/mol. The van der Waals surface area contributed by atoms with E-state index in [1.807, 2.05) is 0 Å². The van der Waals surface area contributed by atoms with Gasteiger partial charge in [-0.2, -0.15) is 0 Å². The molecule has 1 fully saturated rings. The smallest absolute Gasteiger partial charge is 0.165 e. The summed E-state index contributed by atoms with van der Waals surface area (Å²) in [5.74, 6) is -1.36. The molecule has 0 aromatic heterocycles. The van der Waals surface area contributed by atoms with Gasteiger partial charge in [-0.3, -0.25) is 4.90 Å². The highest BCUT2D eigenvalue weighted by atomic mass is 19.1. The highest BCUT2D eigenvalue weighted by Crippen LogP contribution is 2.18. The van der Waals surface area contributed by atoms with Crippen molar-refractivity contribution in [3.05, 3.63) is 29.8 Å². The second-order valence-corrected chi connectivity index (χ2v) is 4.59. The molecule has 0 saturated carbocycles. The van der Waals surface area contributed by atoms with E-state index in [9.17, 15) is 13.9 Å². The van der Waals surface area contributed by atoms with Crippen LogP contribution in [0.5, 0.6) is 5.75 Å². The fourth-order valence-electron chi connectivity index (χ4n) is 2.02. The molecule has 1 heterocycles. The van der Waals surface area contributed by atoms with Crippen molar-refractivity contribution in [2.75, 3.05) is 39.3 Å². The Labute approximate surface area is 111 Å². The summed E-state index contributed by atoms with van der Waals surface area (Å²) in [4.78, 5) is 2.10. The molecular weight excluding hydrogens is 254 g/mol. The predicted octanol–water partition coefficient (Wildman–Crippen LogP) is 0.610. The fraction of sp³-hybridized carbons (Fsp3) is 0.538. The van der Waals surface area contributed by atoms with E-state index >= 15 is 0 Å². The summed E-state index contributed by atoms with van der Waals surface area (Å²) in [6.45, 7) is 3.94. The third-order valence-electron chi connectivity index (χ3n) is 3.00. The van der Waals surface area contributed by atoms with E-state index in [1.165, 1.54) is 0 Å².